The summed E-state index contributed by atoms with van der Waals surface area (Å²) in [6.45, 7) is 0.138. The first kappa shape index (κ1) is 21.0. The van der Waals surface area contributed by atoms with Crippen LogP contribution < -0.4 is 10.2 Å². The van der Waals surface area contributed by atoms with Gasteiger partial charge in [0, 0.05) is 22.2 Å². The van der Waals surface area contributed by atoms with Crippen LogP contribution in [-0.2, 0) is 0 Å². The molecule has 2 aromatic carbocycles. The molecule has 0 fully saturated rings. The van der Waals surface area contributed by atoms with Gasteiger partial charge in [-0.2, -0.15) is 5.10 Å². The molecule has 7 nitrogen and oxygen atoms in total. The molecule has 0 unspecified atom stereocenters. The number of rotatable bonds is 6. The number of nitrogens with one attached hydrogen (secondary N) is 1. The highest BCUT2D eigenvalue weighted by Gasteiger charge is 2.13. The topological polar surface area (TPSA) is 93.8 Å². The van der Waals surface area contributed by atoms with Gasteiger partial charge in [-0.3, -0.25) is 14.9 Å². The lowest BCUT2D eigenvalue weighted by molar-refractivity contribution is -0.384. The van der Waals surface area contributed by atoms with E-state index in [1.807, 2.05) is 0 Å². The van der Waals surface area contributed by atoms with E-state index in [1.165, 1.54) is 29.7 Å². The number of carbonyl (C=O) groups is 1. The maximum atomic E-state index is 12.3. The molecule has 0 aliphatic rings. The fourth-order valence-corrected chi connectivity index (χ4v) is 4.77. The Labute approximate surface area is 186 Å². The molecule has 1 heterocycles. The van der Waals surface area contributed by atoms with Crippen LogP contribution in [0.2, 0.25) is 0 Å². The van der Waals surface area contributed by atoms with Crippen LogP contribution in [0.25, 0.3) is 10.1 Å². The second-order valence-electron chi connectivity index (χ2n) is 5.60. The van der Waals surface area contributed by atoms with Gasteiger partial charge in [0.15, 0.2) is 0 Å². The van der Waals surface area contributed by atoms with Gasteiger partial charge in [-0.25, -0.2) is 5.43 Å². The van der Waals surface area contributed by atoms with Crippen LogP contribution in [0.1, 0.15) is 15.2 Å². The van der Waals surface area contributed by atoms with Crippen molar-refractivity contribution in [2.75, 3.05) is 6.61 Å². The van der Waals surface area contributed by atoms with Gasteiger partial charge in [0.2, 0.25) is 0 Å². The van der Waals surface area contributed by atoms with E-state index < -0.39 is 10.8 Å². The van der Waals surface area contributed by atoms with Crippen LogP contribution in [0.5, 0.6) is 5.75 Å². The smallest absolute Gasteiger partial charge is 0.281 e. The first-order chi connectivity index (χ1) is 13.9. The van der Waals surface area contributed by atoms with Crippen LogP contribution in [-0.4, -0.2) is 23.7 Å². The Balaban J connectivity index is 1.72. The second-order valence-corrected chi connectivity index (χ2v) is 8.39. The molecule has 3 aromatic rings. The summed E-state index contributed by atoms with van der Waals surface area (Å²) in [7, 11) is 0. The Morgan fingerprint density at radius 2 is 2.03 bits per heavy atom. The Bertz CT molecular complexity index is 1160. The van der Waals surface area contributed by atoms with Gasteiger partial charge in [0.25, 0.3) is 11.6 Å². The average molecular weight is 537 g/mol. The summed E-state index contributed by atoms with van der Waals surface area (Å²) in [5.41, 5.74) is 3.14. The van der Waals surface area contributed by atoms with Crippen molar-refractivity contribution in [2.45, 2.75) is 0 Å². The average Bonchev–Trinajstić information content (AvgIpc) is 3.10. The maximum Gasteiger partial charge on any atom is 0.281 e. The minimum absolute atomic E-state index is 0.0221. The molecule has 0 aliphatic carbocycles. The van der Waals surface area contributed by atoms with Crippen molar-refractivity contribution in [1.29, 1.82) is 0 Å². The molecule has 1 N–H and O–H groups in total. The Morgan fingerprint density at radius 3 is 2.69 bits per heavy atom. The van der Waals surface area contributed by atoms with E-state index in [4.69, 9.17) is 11.2 Å². The number of hydrogen-bond donors (Lipinski definition) is 1. The molecule has 0 aliphatic heterocycles. The highest BCUT2D eigenvalue weighted by atomic mass is 79.9. The Kier molecular flexibility index (Phi) is 6.64. The molecule has 10 heteroatoms. The molecule has 0 saturated heterocycles. The first-order valence-electron chi connectivity index (χ1n) is 7.95. The van der Waals surface area contributed by atoms with Gasteiger partial charge < -0.3 is 4.74 Å². The summed E-state index contributed by atoms with van der Waals surface area (Å²) < 4.78 is 7.58. The number of nitrogens with zero attached hydrogens (tertiary/aromatic N) is 2. The predicted octanol–water partition coefficient (Wildman–Crippen LogP) is 5.11. The monoisotopic (exact) mass is 535 g/mol. The van der Waals surface area contributed by atoms with E-state index in [-0.39, 0.29) is 12.3 Å². The number of hydrogen-bond acceptors (Lipinski definition) is 6. The fraction of sp³-hybridized carbons (Fsp3) is 0.0526. The number of fused-ring (bicyclic) bond motifs is 1. The molecule has 0 saturated carbocycles. The normalized spacial score (nSPS) is 10.8. The summed E-state index contributed by atoms with van der Waals surface area (Å²) in [5, 5.41) is 15.5. The van der Waals surface area contributed by atoms with Crippen molar-refractivity contribution >= 4 is 71.1 Å². The van der Waals surface area contributed by atoms with E-state index >= 15 is 0 Å². The van der Waals surface area contributed by atoms with Gasteiger partial charge in [0.1, 0.15) is 12.4 Å². The molecule has 29 heavy (non-hydrogen) atoms. The Morgan fingerprint density at radius 1 is 1.31 bits per heavy atom. The number of amides is 1. The lowest BCUT2D eigenvalue weighted by Gasteiger charge is -2.08. The summed E-state index contributed by atoms with van der Waals surface area (Å²) in [6.07, 6.45) is 6.68. The first-order valence-corrected chi connectivity index (χ1v) is 10.4. The minimum Gasteiger partial charge on any atom is -0.479 e. The van der Waals surface area contributed by atoms with Crippen molar-refractivity contribution in [3.8, 4) is 18.1 Å². The van der Waals surface area contributed by atoms with Crippen LogP contribution >= 0.6 is 43.2 Å². The van der Waals surface area contributed by atoms with Crippen LogP contribution in [0.4, 0.5) is 5.69 Å². The quantitative estimate of drug-likeness (QED) is 0.205. The minimum atomic E-state index is -0.472. The third-order valence-electron chi connectivity index (χ3n) is 3.63. The third kappa shape index (κ3) is 5.00. The Hall–Kier alpha value is -2.74. The summed E-state index contributed by atoms with van der Waals surface area (Å²) in [4.78, 5) is 23.1. The number of ether oxygens (including phenoxy) is 1. The molecule has 0 bridgehead atoms. The van der Waals surface area contributed by atoms with Crippen molar-refractivity contribution in [1.82, 2.24) is 5.43 Å². The zero-order chi connectivity index (χ0) is 21.0. The fourth-order valence-electron chi connectivity index (χ4n) is 2.38. The third-order valence-corrected chi connectivity index (χ3v) is 5.93. The van der Waals surface area contributed by atoms with Gasteiger partial charge in [-0.15, -0.1) is 17.8 Å². The highest BCUT2D eigenvalue weighted by molar-refractivity contribution is 9.11. The van der Waals surface area contributed by atoms with Gasteiger partial charge >= 0.3 is 0 Å². The van der Waals surface area contributed by atoms with E-state index in [9.17, 15) is 14.9 Å². The molecule has 3 rings (SSSR count). The number of carbonyl (C=O) groups excluding carboxylic acids is 1. The van der Waals surface area contributed by atoms with Crippen molar-refractivity contribution in [3.05, 3.63) is 65.9 Å². The summed E-state index contributed by atoms with van der Waals surface area (Å²) >= 11 is 8.04. The number of terminal acetylenes is 1. The standard InChI is InChI=1S/C19H11Br2N3O4S/c1-2-5-28-18-14(20)6-11(7-15(18)21)10-22-23-19(25)17-9-12-8-13(24(26)27)3-4-16(12)29-17/h1,3-4,6-10H,5H2,(H,23,25)/b22-10-. The van der Waals surface area contributed by atoms with E-state index in [0.29, 0.717) is 30.5 Å². The van der Waals surface area contributed by atoms with Crippen LogP contribution in [0.15, 0.2) is 50.4 Å². The van der Waals surface area contributed by atoms with E-state index in [2.05, 4.69) is 48.3 Å². The van der Waals surface area contributed by atoms with Crippen LogP contribution in [0.3, 0.4) is 0 Å². The SMILES string of the molecule is C#CCOc1c(Br)cc(/C=N\NC(=O)c2cc3cc([N+](=O)[O-])ccc3s2)cc1Br. The highest BCUT2D eigenvalue weighted by Crippen LogP contribution is 2.34. The van der Waals surface area contributed by atoms with Crippen molar-refractivity contribution in [3.63, 3.8) is 0 Å². The summed E-state index contributed by atoms with van der Waals surface area (Å²) in [6, 6.07) is 9.60. The molecule has 1 amide bonds. The number of nitro groups is 1. The molecular weight excluding hydrogens is 526 g/mol. The molecule has 146 valence electrons. The number of hydrazone groups is 1. The number of nitro benzene ring substituents is 1. The maximum absolute atomic E-state index is 12.3. The number of non-ortho nitro benzene ring substituents is 1. The van der Waals surface area contributed by atoms with Gasteiger partial charge in [-0.05, 0) is 61.7 Å². The van der Waals surface area contributed by atoms with E-state index in [0.717, 1.165) is 4.70 Å². The molecular formula is C19H11Br2N3O4S. The molecule has 0 atom stereocenters. The van der Waals surface area contributed by atoms with Crippen molar-refractivity contribution in [2.24, 2.45) is 5.10 Å². The molecule has 0 radical (unpaired) electrons. The number of benzene rings is 2. The van der Waals surface area contributed by atoms with E-state index in [1.54, 1.807) is 24.3 Å². The van der Waals surface area contributed by atoms with Crippen LogP contribution in [0, 0.1) is 22.5 Å². The van der Waals surface area contributed by atoms with Gasteiger partial charge in [-0.1, -0.05) is 5.92 Å². The lowest BCUT2D eigenvalue weighted by atomic mass is 10.2. The second kappa shape index (κ2) is 9.17. The lowest BCUT2D eigenvalue weighted by Crippen LogP contribution is -2.16. The molecule has 1 aromatic heterocycles. The van der Waals surface area contributed by atoms with Crippen molar-refractivity contribution < 1.29 is 14.5 Å². The zero-order valence-corrected chi connectivity index (χ0v) is 18.5. The number of thiophene rings is 1. The van der Waals surface area contributed by atoms with Gasteiger partial charge in [0.05, 0.1) is 25.0 Å². The molecule has 0 spiro atoms. The predicted molar refractivity (Wildman–Crippen MR) is 120 cm³/mol. The zero-order valence-electron chi connectivity index (χ0n) is 14.5. The summed E-state index contributed by atoms with van der Waals surface area (Å²) in [5.74, 6) is 2.56. The largest absolute Gasteiger partial charge is 0.479 e. The number of halogens is 2.